The standard InChI is InChI=1S/C24H25Cl2NO2/c1-4-28-23-13-19(14-27-22-7-5-6-16(2)17(22)3)12-21(26)24(23)29-15-18-8-10-20(25)11-9-18/h5-13,27H,4,14-15H2,1-3H3. The van der Waals surface area contributed by atoms with Crippen LogP contribution in [0.4, 0.5) is 5.69 Å². The van der Waals surface area contributed by atoms with Crippen LogP contribution in [-0.4, -0.2) is 6.61 Å². The summed E-state index contributed by atoms with van der Waals surface area (Å²) >= 11 is 12.5. The Morgan fingerprint density at radius 3 is 2.38 bits per heavy atom. The summed E-state index contributed by atoms with van der Waals surface area (Å²) in [5.41, 5.74) is 5.65. The topological polar surface area (TPSA) is 30.5 Å². The van der Waals surface area contributed by atoms with Crippen molar-refractivity contribution in [1.82, 2.24) is 0 Å². The number of hydrogen-bond acceptors (Lipinski definition) is 3. The highest BCUT2D eigenvalue weighted by Crippen LogP contribution is 2.37. The quantitative estimate of drug-likeness (QED) is 0.410. The summed E-state index contributed by atoms with van der Waals surface area (Å²) in [6.07, 6.45) is 0. The van der Waals surface area contributed by atoms with Crippen LogP contribution >= 0.6 is 23.2 Å². The predicted octanol–water partition coefficient (Wildman–Crippen LogP) is 7.20. The first kappa shape index (κ1) is 21.4. The number of hydrogen-bond donors (Lipinski definition) is 1. The molecule has 0 aromatic heterocycles. The lowest BCUT2D eigenvalue weighted by Gasteiger charge is -2.17. The largest absolute Gasteiger partial charge is 0.490 e. The van der Waals surface area contributed by atoms with E-state index in [1.807, 2.05) is 43.3 Å². The van der Waals surface area contributed by atoms with Crippen LogP contribution in [0.2, 0.25) is 10.0 Å². The van der Waals surface area contributed by atoms with Crippen LogP contribution < -0.4 is 14.8 Å². The molecule has 29 heavy (non-hydrogen) atoms. The summed E-state index contributed by atoms with van der Waals surface area (Å²) in [6.45, 7) is 7.72. The minimum atomic E-state index is 0.386. The Hall–Kier alpha value is -2.36. The van der Waals surface area contributed by atoms with Crippen LogP contribution in [0.25, 0.3) is 0 Å². The Labute approximate surface area is 182 Å². The molecular weight excluding hydrogens is 405 g/mol. The molecule has 152 valence electrons. The molecule has 0 aliphatic rings. The second-order valence-corrected chi connectivity index (χ2v) is 7.70. The molecule has 0 heterocycles. The minimum absolute atomic E-state index is 0.386. The van der Waals surface area contributed by atoms with Crippen molar-refractivity contribution in [3.63, 3.8) is 0 Å². The molecule has 0 radical (unpaired) electrons. The average Bonchev–Trinajstić information content (AvgIpc) is 2.70. The fourth-order valence-electron chi connectivity index (χ4n) is 3.00. The second kappa shape index (κ2) is 9.91. The third kappa shape index (κ3) is 5.59. The maximum atomic E-state index is 6.55. The average molecular weight is 430 g/mol. The Kier molecular flexibility index (Phi) is 7.29. The van der Waals surface area contributed by atoms with Gasteiger partial charge in [0.2, 0.25) is 0 Å². The van der Waals surface area contributed by atoms with Gasteiger partial charge in [0.15, 0.2) is 11.5 Å². The second-order valence-electron chi connectivity index (χ2n) is 6.85. The number of benzene rings is 3. The Balaban J connectivity index is 1.76. The molecule has 0 saturated heterocycles. The van der Waals surface area contributed by atoms with Gasteiger partial charge in [-0.3, -0.25) is 0 Å². The molecule has 0 atom stereocenters. The summed E-state index contributed by atoms with van der Waals surface area (Å²) in [7, 11) is 0. The maximum Gasteiger partial charge on any atom is 0.180 e. The van der Waals surface area contributed by atoms with E-state index >= 15 is 0 Å². The molecule has 1 N–H and O–H groups in total. The summed E-state index contributed by atoms with van der Waals surface area (Å²) in [5.74, 6) is 1.20. The first-order valence-corrected chi connectivity index (χ1v) is 10.4. The van der Waals surface area contributed by atoms with Gasteiger partial charge in [0.05, 0.1) is 11.6 Å². The van der Waals surface area contributed by atoms with Gasteiger partial charge in [0.1, 0.15) is 6.61 Å². The van der Waals surface area contributed by atoms with E-state index in [1.165, 1.54) is 11.1 Å². The number of halogens is 2. The predicted molar refractivity (Wildman–Crippen MR) is 122 cm³/mol. The van der Waals surface area contributed by atoms with Crippen LogP contribution in [0.3, 0.4) is 0 Å². The van der Waals surface area contributed by atoms with Gasteiger partial charge in [0, 0.05) is 17.3 Å². The van der Waals surface area contributed by atoms with Gasteiger partial charge in [-0.05, 0) is 73.4 Å². The van der Waals surface area contributed by atoms with E-state index in [0.29, 0.717) is 41.3 Å². The summed E-state index contributed by atoms with van der Waals surface area (Å²) in [4.78, 5) is 0. The normalized spacial score (nSPS) is 10.7. The third-order valence-electron chi connectivity index (χ3n) is 4.75. The van der Waals surface area contributed by atoms with Gasteiger partial charge in [0.25, 0.3) is 0 Å². The number of ether oxygens (including phenoxy) is 2. The van der Waals surface area contributed by atoms with Gasteiger partial charge >= 0.3 is 0 Å². The zero-order chi connectivity index (χ0) is 20.8. The first-order chi connectivity index (χ1) is 14.0. The molecule has 0 unspecified atom stereocenters. The van der Waals surface area contributed by atoms with Crippen LogP contribution in [0.5, 0.6) is 11.5 Å². The van der Waals surface area contributed by atoms with Crippen molar-refractivity contribution >= 4 is 28.9 Å². The van der Waals surface area contributed by atoms with Gasteiger partial charge in [-0.1, -0.05) is 47.5 Å². The Morgan fingerprint density at radius 2 is 1.66 bits per heavy atom. The van der Waals surface area contributed by atoms with E-state index < -0.39 is 0 Å². The molecule has 0 fully saturated rings. The summed E-state index contributed by atoms with van der Waals surface area (Å²) in [5, 5.41) is 4.71. The van der Waals surface area contributed by atoms with Gasteiger partial charge in [-0.15, -0.1) is 0 Å². The fourth-order valence-corrected chi connectivity index (χ4v) is 3.42. The minimum Gasteiger partial charge on any atom is -0.490 e. The molecule has 3 aromatic rings. The SMILES string of the molecule is CCOc1cc(CNc2cccc(C)c2C)cc(Cl)c1OCc1ccc(Cl)cc1. The molecule has 0 aliphatic heterocycles. The van der Waals surface area contributed by atoms with Crippen LogP contribution in [0.15, 0.2) is 54.6 Å². The van der Waals surface area contributed by atoms with Gasteiger partial charge < -0.3 is 14.8 Å². The molecule has 0 saturated carbocycles. The number of rotatable bonds is 8. The van der Waals surface area contributed by atoms with Crippen LogP contribution in [0, 0.1) is 13.8 Å². The van der Waals surface area contributed by atoms with Crippen molar-refractivity contribution in [1.29, 1.82) is 0 Å². The monoisotopic (exact) mass is 429 g/mol. The number of nitrogens with one attached hydrogen (secondary N) is 1. The molecule has 5 heteroatoms. The Morgan fingerprint density at radius 1 is 0.897 bits per heavy atom. The lowest BCUT2D eigenvalue weighted by Crippen LogP contribution is -2.05. The molecule has 0 amide bonds. The van der Waals surface area contributed by atoms with Crippen molar-refractivity contribution in [2.24, 2.45) is 0 Å². The maximum absolute atomic E-state index is 6.55. The lowest BCUT2D eigenvalue weighted by molar-refractivity contribution is 0.269. The Bertz CT molecular complexity index is 971. The van der Waals surface area contributed by atoms with E-state index in [1.54, 1.807) is 0 Å². The van der Waals surface area contributed by atoms with Crippen molar-refractivity contribution in [2.75, 3.05) is 11.9 Å². The highest BCUT2D eigenvalue weighted by Gasteiger charge is 2.13. The number of aryl methyl sites for hydroxylation is 1. The van der Waals surface area contributed by atoms with E-state index in [4.69, 9.17) is 32.7 Å². The first-order valence-electron chi connectivity index (χ1n) is 9.60. The lowest BCUT2D eigenvalue weighted by atomic mass is 10.1. The van der Waals surface area contributed by atoms with Crippen molar-refractivity contribution in [2.45, 2.75) is 33.9 Å². The molecule has 0 bridgehead atoms. The van der Waals surface area contributed by atoms with Crippen LogP contribution in [0.1, 0.15) is 29.2 Å². The summed E-state index contributed by atoms with van der Waals surface area (Å²) in [6, 6.07) is 17.7. The van der Waals surface area contributed by atoms with Crippen molar-refractivity contribution < 1.29 is 9.47 Å². The third-order valence-corrected chi connectivity index (χ3v) is 5.29. The fraction of sp³-hybridized carbons (Fsp3) is 0.250. The molecule has 0 aliphatic carbocycles. The zero-order valence-electron chi connectivity index (χ0n) is 16.9. The number of anilines is 1. The molecule has 3 rings (SSSR count). The summed E-state index contributed by atoms with van der Waals surface area (Å²) < 4.78 is 11.8. The van der Waals surface area contributed by atoms with E-state index in [9.17, 15) is 0 Å². The smallest absolute Gasteiger partial charge is 0.180 e. The van der Waals surface area contributed by atoms with E-state index in [0.717, 1.165) is 16.8 Å². The van der Waals surface area contributed by atoms with Gasteiger partial charge in [-0.2, -0.15) is 0 Å². The molecule has 3 nitrogen and oxygen atoms in total. The van der Waals surface area contributed by atoms with E-state index in [-0.39, 0.29) is 0 Å². The molecule has 0 spiro atoms. The van der Waals surface area contributed by atoms with Gasteiger partial charge in [-0.25, -0.2) is 0 Å². The molecule has 3 aromatic carbocycles. The zero-order valence-corrected chi connectivity index (χ0v) is 18.4. The van der Waals surface area contributed by atoms with Crippen molar-refractivity contribution in [3.05, 3.63) is 86.9 Å². The van der Waals surface area contributed by atoms with Crippen molar-refractivity contribution in [3.8, 4) is 11.5 Å². The highest BCUT2D eigenvalue weighted by molar-refractivity contribution is 6.32. The van der Waals surface area contributed by atoms with E-state index in [2.05, 4.69) is 37.4 Å². The highest BCUT2D eigenvalue weighted by atomic mass is 35.5. The van der Waals surface area contributed by atoms with Crippen LogP contribution in [-0.2, 0) is 13.2 Å². The molecular formula is C24H25Cl2NO2.